The molecule has 1 N–H and O–H groups in total. The van der Waals surface area contributed by atoms with Gasteiger partial charge in [-0.05, 0) is 50.7 Å². The number of pyridine rings is 1. The minimum atomic E-state index is -0.0559. The lowest BCUT2D eigenvalue weighted by molar-refractivity contribution is 0.0938. The molecule has 1 saturated carbocycles. The van der Waals surface area contributed by atoms with Crippen LogP contribution in [0, 0.1) is 12.8 Å². The lowest BCUT2D eigenvalue weighted by atomic mass is 9.89. The van der Waals surface area contributed by atoms with E-state index in [2.05, 4.69) is 26.2 Å². The minimum Gasteiger partial charge on any atom is -0.350 e. The molecule has 0 atom stereocenters. The fraction of sp³-hybridized carbons (Fsp3) is 0.571. The molecule has 1 aromatic rings. The standard InChI is InChI=1S/C14H19BrN2O/c1-10-3-2-4-13(17-10)14(18)16-9-11-5-7-12(15)8-6-11/h2-4,11-12H,5-9H2,1H3,(H,16,18). The summed E-state index contributed by atoms with van der Waals surface area (Å²) in [5.74, 6) is 0.562. The van der Waals surface area contributed by atoms with Gasteiger partial charge in [-0.3, -0.25) is 4.79 Å². The fourth-order valence-electron chi connectivity index (χ4n) is 2.32. The van der Waals surface area contributed by atoms with Crippen molar-refractivity contribution in [2.24, 2.45) is 5.92 Å². The number of amides is 1. The van der Waals surface area contributed by atoms with Crippen LogP contribution in [0.2, 0.25) is 0 Å². The number of nitrogens with one attached hydrogen (secondary N) is 1. The molecule has 1 heterocycles. The summed E-state index contributed by atoms with van der Waals surface area (Å²) in [6.45, 7) is 2.67. The van der Waals surface area contributed by atoms with Crippen molar-refractivity contribution < 1.29 is 4.79 Å². The van der Waals surface area contributed by atoms with E-state index in [0.29, 0.717) is 16.4 Å². The summed E-state index contributed by atoms with van der Waals surface area (Å²) in [4.78, 5) is 16.8. The molecule has 1 aliphatic rings. The second kappa shape index (κ2) is 6.32. The molecule has 0 aromatic carbocycles. The topological polar surface area (TPSA) is 42.0 Å². The van der Waals surface area contributed by atoms with E-state index in [1.54, 1.807) is 6.07 Å². The minimum absolute atomic E-state index is 0.0559. The Hall–Kier alpha value is -0.900. The Labute approximate surface area is 117 Å². The second-order valence-electron chi connectivity index (χ2n) is 4.99. The van der Waals surface area contributed by atoms with Gasteiger partial charge in [0.05, 0.1) is 0 Å². The van der Waals surface area contributed by atoms with E-state index in [4.69, 9.17) is 0 Å². The normalized spacial score (nSPS) is 23.7. The molecule has 2 rings (SSSR count). The maximum absolute atomic E-state index is 11.9. The van der Waals surface area contributed by atoms with Crippen molar-refractivity contribution in [3.63, 3.8) is 0 Å². The molecule has 3 nitrogen and oxygen atoms in total. The van der Waals surface area contributed by atoms with Crippen LogP contribution in [0.3, 0.4) is 0 Å². The molecule has 0 saturated heterocycles. The Morgan fingerprint density at radius 2 is 2.11 bits per heavy atom. The quantitative estimate of drug-likeness (QED) is 0.872. The first-order valence-electron chi connectivity index (χ1n) is 6.51. The lowest BCUT2D eigenvalue weighted by Crippen LogP contribution is -2.31. The van der Waals surface area contributed by atoms with Crippen LogP contribution in [-0.4, -0.2) is 22.3 Å². The van der Waals surface area contributed by atoms with Gasteiger partial charge in [0.25, 0.3) is 5.91 Å². The number of hydrogen-bond acceptors (Lipinski definition) is 2. The van der Waals surface area contributed by atoms with E-state index in [-0.39, 0.29) is 5.91 Å². The summed E-state index contributed by atoms with van der Waals surface area (Å²) in [5.41, 5.74) is 1.40. The highest BCUT2D eigenvalue weighted by atomic mass is 79.9. The molecule has 1 fully saturated rings. The first-order valence-corrected chi connectivity index (χ1v) is 7.42. The van der Waals surface area contributed by atoms with Crippen molar-refractivity contribution in [2.45, 2.75) is 37.4 Å². The average molecular weight is 311 g/mol. The van der Waals surface area contributed by atoms with Crippen LogP contribution >= 0.6 is 15.9 Å². The molecule has 0 unspecified atom stereocenters. The van der Waals surface area contributed by atoms with E-state index in [1.807, 2.05) is 19.1 Å². The lowest BCUT2D eigenvalue weighted by Gasteiger charge is -2.25. The molecule has 4 heteroatoms. The fourth-order valence-corrected chi connectivity index (χ4v) is 2.85. The Kier molecular flexibility index (Phi) is 4.75. The van der Waals surface area contributed by atoms with Gasteiger partial charge in [0.1, 0.15) is 5.69 Å². The summed E-state index contributed by atoms with van der Waals surface area (Å²) in [7, 11) is 0. The molecule has 18 heavy (non-hydrogen) atoms. The first kappa shape index (κ1) is 13.5. The number of hydrogen-bond donors (Lipinski definition) is 1. The Morgan fingerprint density at radius 1 is 1.39 bits per heavy atom. The van der Waals surface area contributed by atoms with Crippen LogP contribution in [-0.2, 0) is 0 Å². The van der Waals surface area contributed by atoms with Crippen molar-refractivity contribution in [1.29, 1.82) is 0 Å². The average Bonchev–Trinajstić information content (AvgIpc) is 2.38. The number of aromatic nitrogens is 1. The monoisotopic (exact) mass is 310 g/mol. The number of carbonyl (C=O) groups is 1. The smallest absolute Gasteiger partial charge is 0.269 e. The number of nitrogens with zero attached hydrogens (tertiary/aromatic N) is 1. The van der Waals surface area contributed by atoms with E-state index in [9.17, 15) is 4.79 Å². The van der Waals surface area contributed by atoms with Crippen LogP contribution in [0.25, 0.3) is 0 Å². The number of carbonyl (C=O) groups excluding carboxylic acids is 1. The summed E-state index contributed by atoms with van der Waals surface area (Å²) >= 11 is 3.64. The summed E-state index contributed by atoms with van der Waals surface area (Å²) in [6, 6.07) is 5.53. The van der Waals surface area contributed by atoms with Crippen LogP contribution in [0.1, 0.15) is 41.9 Å². The van der Waals surface area contributed by atoms with Gasteiger partial charge in [-0.1, -0.05) is 22.0 Å². The first-order chi connectivity index (χ1) is 8.65. The van der Waals surface area contributed by atoms with Crippen molar-refractivity contribution >= 4 is 21.8 Å². The van der Waals surface area contributed by atoms with Gasteiger partial charge in [-0.15, -0.1) is 0 Å². The van der Waals surface area contributed by atoms with Gasteiger partial charge in [-0.2, -0.15) is 0 Å². The van der Waals surface area contributed by atoms with Gasteiger partial charge in [0.15, 0.2) is 0 Å². The molecular formula is C14H19BrN2O. The van der Waals surface area contributed by atoms with Gasteiger partial charge < -0.3 is 5.32 Å². The second-order valence-corrected chi connectivity index (χ2v) is 6.29. The number of aryl methyl sites for hydroxylation is 1. The molecular weight excluding hydrogens is 292 g/mol. The largest absolute Gasteiger partial charge is 0.350 e. The highest BCUT2D eigenvalue weighted by Gasteiger charge is 2.19. The van der Waals surface area contributed by atoms with E-state index in [1.165, 1.54) is 25.7 Å². The van der Waals surface area contributed by atoms with Crippen molar-refractivity contribution in [1.82, 2.24) is 10.3 Å². The molecule has 0 aliphatic heterocycles. The highest BCUT2D eigenvalue weighted by molar-refractivity contribution is 9.09. The highest BCUT2D eigenvalue weighted by Crippen LogP contribution is 2.28. The summed E-state index contributed by atoms with van der Waals surface area (Å²) < 4.78 is 0. The molecule has 0 spiro atoms. The summed E-state index contributed by atoms with van der Waals surface area (Å²) in [5, 5.41) is 2.99. The number of alkyl halides is 1. The third kappa shape index (κ3) is 3.80. The van der Waals surface area contributed by atoms with Crippen LogP contribution in [0.4, 0.5) is 0 Å². The van der Waals surface area contributed by atoms with Crippen LogP contribution in [0.15, 0.2) is 18.2 Å². The predicted molar refractivity (Wildman–Crippen MR) is 76.0 cm³/mol. The molecule has 98 valence electrons. The maximum atomic E-state index is 11.9. The zero-order valence-electron chi connectivity index (χ0n) is 10.7. The van der Waals surface area contributed by atoms with Crippen molar-refractivity contribution in [2.75, 3.05) is 6.54 Å². The third-order valence-corrected chi connectivity index (χ3v) is 4.36. The Morgan fingerprint density at radius 3 is 2.78 bits per heavy atom. The summed E-state index contributed by atoms with van der Waals surface area (Å²) in [6.07, 6.45) is 4.81. The predicted octanol–water partition coefficient (Wildman–Crippen LogP) is 3.07. The molecule has 0 radical (unpaired) electrons. The maximum Gasteiger partial charge on any atom is 0.269 e. The third-order valence-electron chi connectivity index (χ3n) is 3.45. The number of rotatable bonds is 3. The zero-order valence-corrected chi connectivity index (χ0v) is 12.2. The Balaban J connectivity index is 1.81. The van der Waals surface area contributed by atoms with Crippen LogP contribution in [0.5, 0.6) is 0 Å². The van der Waals surface area contributed by atoms with Gasteiger partial charge in [-0.25, -0.2) is 4.98 Å². The van der Waals surface area contributed by atoms with Gasteiger partial charge in [0, 0.05) is 17.1 Å². The van der Waals surface area contributed by atoms with Crippen molar-refractivity contribution in [3.05, 3.63) is 29.6 Å². The molecule has 1 aliphatic carbocycles. The van der Waals surface area contributed by atoms with Gasteiger partial charge >= 0.3 is 0 Å². The van der Waals surface area contributed by atoms with Gasteiger partial charge in [0.2, 0.25) is 0 Å². The van der Waals surface area contributed by atoms with Crippen molar-refractivity contribution in [3.8, 4) is 0 Å². The molecule has 1 amide bonds. The number of halogens is 1. The van der Waals surface area contributed by atoms with Crippen LogP contribution < -0.4 is 5.32 Å². The molecule has 1 aromatic heterocycles. The SMILES string of the molecule is Cc1cccc(C(=O)NCC2CCC(Br)CC2)n1. The van der Waals surface area contributed by atoms with E-state index >= 15 is 0 Å². The molecule has 0 bridgehead atoms. The Bertz CT molecular complexity index is 414. The van der Waals surface area contributed by atoms with E-state index in [0.717, 1.165) is 12.2 Å². The zero-order chi connectivity index (χ0) is 13.0. The van der Waals surface area contributed by atoms with E-state index < -0.39 is 0 Å².